The molecule has 5 heteroatoms. The highest BCUT2D eigenvalue weighted by Gasteiger charge is 2.68. The van der Waals surface area contributed by atoms with Crippen molar-refractivity contribution in [2.45, 2.75) is 75.9 Å². The Kier molecular flexibility index (Phi) is 4.63. The van der Waals surface area contributed by atoms with Gasteiger partial charge in [-0.25, -0.2) is 0 Å². The van der Waals surface area contributed by atoms with Gasteiger partial charge in [-0.3, -0.25) is 0 Å². The summed E-state index contributed by atoms with van der Waals surface area (Å²) in [6, 6.07) is 0. The number of hydrogen-bond acceptors (Lipinski definition) is 0. The van der Waals surface area contributed by atoms with Gasteiger partial charge in [-0.15, -0.1) is 0 Å². The highest BCUT2D eigenvalue weighted by atomic mass is 28.5. The smallest absolute Gasteiger partial charge is 0.239 e. The second kappa shape index (κ2) is 4.42. The molecule has 0 aliphatic carbocycles. The lowest BCUT2D eigenvalue weighted by molar-refractivity contribution is 0.774. The first-order valence-corrected chi connectivity index (χ1v) is 20.1. The summed E-state index contributed by atoms with van der Waals surface area (Å²) in [6.45, 7) is 25.7. The molecule has 0 aromatic rings. The minimum atomic E-state index is -2.66. The van der Waals surface area contributed by atoms with E-state index in [0.29, 0.717) is 0 Å². The van der Waals surface area contributed by atoms with E-state index in [9.17, 15) is 0 Å². The largest absolute Gasteiger partial charge is 0.315 e. The molecule has 0 saturated carbocycles. The standard InChI is InChI=1S/C12H33FSi4/c1-14(2,3)12(15(4,5)6,16(7,8)9)17(10,11)13/h1-11H3. The molecule has 0 fully saturated rings. The van der Waals surface area contributed by atoms with Gasteiger partial charge in [0, 0.05) is 24.2 Å². The highest BCUT2D eigenvalue weighted by molar-refractivity contribution is 7.28. The summed E-state index contributed by atoms with van der Waals surface area (Å²) in [6.07, 6.45) is 0. The molecule has 0 aromatic heterocycles. The molecule has 0 amide bonds. The maximum Gasteiger partial charge on any atom is 0.239 e. The van der Waals surface area contributed by atoms with E-state index in [4.69, 9.17) is 0 Å². The number of hydrogen-bond donors (Lipinski definition) is 0. The van der Waals surface area contributed by atoms with Crippen molar-refractivity contribution in [2.75, 3.05) is 0 Å². The summed E-state index contributed by atoms with van der Waals surface area (Å²) in [7, 11) is -7.26. The molecule has 104 valence electrons. The lowest BCUT2D eigenvalue weighted by Gasteiger charge is -2.62. The fourth-order valence-corrected chi connectivity index (χ4v) is 54.5. The minimum Gasteiger partial charge on any atom is -0.315 e. The Bertz CT molecular complexity index is 211. The predicted octanol–water partition coefficient (Wildman–Crippen LogP) is 5.53. The van der Waals surface area contributed by atoms with Gasteiger partial charge in [0.1, 0.15) is 0 Å². The molecule has 0 rings (SSSR count). The zero-order chi connectivity index (χ0) is 14.5. The van der Waals surface area contributed by atoms with E-state index in [0.717, 1.165) is 0 Å². The molecule has 0 heterocycles. The first-order valence-electron chi connectivity index (χ1n) is 6.69. The number of halogens is 1. The van der Waals surface area contributed by atoms with Gasteiger partial charge < -0.3 is 4.11 Å². The molecule has 0 bridgehead atoms. The Morgan fingerprint density at radius 1 is 0.529 bits per heavy atom. The van der Waals surface area contributed by atoms with Crippen LogP contribution >= 0.6 is 0 Å². The average Bonchev–Trinajstić information content (AvgIpc) is 1.67. The molecule has 0 aromatic carbocycles. The van der Waals surface area contributed by atoms with Crippen LogP contribution < -0.4 is 0 Å². The monoisotopic (exact) mass is 308 g/mol. The van der Waals surface area contributed by atoms with Crippen LogP contribution in [0.4, 0.5) is 4.11 Å². The number of rotatable bonds is 4. The van der Waals surface area contributed by atoms with Crippen LogP contribution in [0.15, 0.2) is 0 Å². The maximum atomic E-state index is 15.4. The lowest BCUT2D eigenvalue weighted by atomic mass is 11.6. The summed E-state index contributed by atoms with van der Waals surface area (Å²) in [5.74, 6) is 0. The highest BCUT2D eigenvalue weighted by Crippen LogP contribution is 2.59. The molecular weight excluding hydrogens is 275 g/mol. The zero-order valence-electron chi connectivity index (χ0n) is 13.9. The van der Waals surface area contributed by atoms with E-state index in [-0.39, 0.29) is 3.91 Å². The van der Waals surface area contributed by atoms with Gasteiger partial charge in [0.15, 0.2) is 0 Å². The zero-order valence-corrected chi connectivity index (χ0v) is 17.9. The van der Waals surface area contributed by atoms with Gasteiger partial charge >= 0.3 is 0 Å². The minimum absolute atomic E-state index is 0.139. The Morgan fingerprint density at radius 2 is 0.706 bits per heavy atom. The van der Waals surface area contributed by atoms with E-state index in [2.05, 4.69) is 58.9 Å². The summed E-state index contributed by atoms with van der Waals surface area (Å²) >= 11 is 0. The molecule has 0 N–H and O–H groups in total. The quantitative estimate of drug-likeness (QED) is 0.473. The molecule has 0 unspecified atom stereocenters. The van der Waals surface area contributed by atoms with E-state index in [1.165, 1.54) is 0 Å². The maximum absolute atomic E-state index is 15.4. The van der Waals surface area contributed by atoms with Crippen molar-refractivity contribution in [3.63, 3.8) is 0 Å². The Morgan fingerprint density at radius 3 is 0.706 bits per heavy atom. The van der Waals surface area contributed by atoms with Gasteiger partial charge in [0.2, 0.25) is 8.41 Å². The van der Waals surface area contributed by atoms with Crippen molar-refractivity contribution in [1.82, 2.24) is 0 Å². The molecule has 0 spiro atoms. The van der Waals surface area contributed by atoms with Crippen molar-refractivity contribution < 1.29 is 4.11 Å². The van der Waals surface area contributed by atoms with Gasteiger partial charge in [-0.1, -0.05) is 58.9 Å². The van der Waals surface area contributed by atoms with Crippen LogP contribution in [-0.4, -0.2) is 32.6 Å². The molecule has 0 aliphatic rings. The summed E-state index contributed by atoms with van der Waals surface area (Å²) in [5.41, 5.74) is 0. The third-order valence-electron chi connectivity index (χ3n) is 4.27. The lowest BCUT2D eigenvalue weighted by Crippen LogP contribution is -2.74. The molecule has 0 radical (unpaired) electrons. The molecule has 0 aliphatic heterocycles. The molecule has 0 nitrogen and oxygen atoms in total. The van der Waals surface area contributed by atoms with Crippen LogP contribution in [0.25, 0.3) is 0 Å². The van der Waals surface area contributed by atoms with Gasteiger partial charge in [-0.2, -0.15) is 0 Å². The first-order chi connectivity index (χ1) is 7.00. The second-order valence-electron chi connectivity index (χ2n) is 8.97. The normalized spacial score (nSPS) is 16.2. The van der Waals surface area contributed by atoms with Gasteiger partial charge in [-0.05, 0) is 17.0 Å². The van der Waals surface area contributed by atoms with E-state index in [1.807, 2.05) is 13.1 Å². The van der Waals surface area contributed by atoms with Crippen molar-refractivity contribution in [1.29, 1.82) is 0 Å². The topological polar surface area (TPSA) is 0 Å². The van der Waals surface area contributed by atoms with Gasteiger partial charge in [0.25, 0.3) is 0 Å². The van der Waals surface area contributed by atoms with Crippen LogP contribution in [0, 0.1) is 0 Å². The van der Waals surface area contributed by atoms with Crippen molar-refractivity contribution in [3.8, 4) is 0 Å². The van der Waals surface area contributed by atoms with Crippen molar-refractivity contribution in [3.05, 3.63) is 0 Å². The Hall–Kier alpha value is 0.798. The average molecular weight is 309 g/mol. The molecule has 17 heavy (non-hydrogen) atoms. The summed E-state index contributed by atoms with van der Waals surface area (Å²) < 4.78 is 15.6. The third-order valence-corrected chi connectivity index (χ3v) is 38.4. The van der Waals surface area contributed by atoms with Crippen LogP contribution in [0.3, 0.4) is 0 Å². The molecule has 0 saturated heterocycles. The second-order valence-corrected chi connectivity index (χ2v) is 31.4. The summed E-state index contributed by atoms with van der Waals surface area (Å²) in [4.78, 5) is 0. The van der Waals surface area contributed by atoms with Crippen LogP contribution in [0.1, 0.15) is 0 Å². The van der Waals surface area contributed by atoms with E-state index >= 15 is 4.11 Å². The van der Waals surface area contributed by atoms with Gasteiger partial charge in [0.05, 0.1) is 0 Å². The fraction of sp³-hybridized carbons (Fsp3) is 1.00. The third kappa shape index (κ3) is 2.72. The SMILES string of the molecule is C[Si](C)(C)C([Si](C)(C)C)([Si](C)(C)C)[Si](C)(C)F. The first kappa shape index (κ1) is 17.8. The van der Waals surface area contributed by atoms with Crippen LogP contribution in [0.5, 0.6) is 0 Å². The van der Waals surface area contributed by atoms with Crippen molar-refractivity contribution in [2.24, 2.45) is 0 Å². The van der Waals surface area contributed by atoms with Crippen LogP contribution in [0.2, 0.25) is 75.9 Å². The predicted molar refractivity (Wildman–Crippen MR) is 91.3 cm³/mol. The van der Waals surface area contributed by atoms with E-state index in [1.54, 1.807) is 0 Å². The Balaban J connectivity index is 6.37. The molecule has 0 atom stereocenters. The van der Waals surface area contributed by atoms with Crippen LogP contribution in [-0.2, 0) is 0 Å². The van der Waals surface area contributed by atoms with Crippen molar-refractivity contribution >= 4 is 32.6 Å². The molecular formula is C12H33FSi4. The van der Waals surface area contributed by atoms with E-state index < -0.39 is 32.6 Å². The fourth-order valence-electron chi connectivity index (χ4n) is 6.05. The summed E-state index contributed by atoms with van der Waals surface area (Å²) in [5, 5.41) is 0. The Labute approximate surface area is 113 Å².